The van der Waals surface area contributed by atoms with Crippen LogP contribution in [-0.2, 0) is 9.53 Å². The number of aromatic nitrogens is 2. The molecule has 1 heterocycles. The van der Waals surface area contributed by atoms with Gasteiger partial charge in [0.05, 0.1) is 21.4 Å². The van der Waals surface area contributed by atoms with E-state index in [-0.39, 0.29) is 5.97 Å². The Kier molecular flexibility index (Phi) is 4.57. The zero-order valence-electron chi connectivity index (χ0n) is 10.9. The number of esters is 1. The third-order valence-electron chi connectivity index (χ3n) is 2.66. The second-order valence-electron chi connectivity index (χ2n) is 4.21. The van der Waals surface area contributed by atoms with Crippen LogP contribution in [0.2, 0.25) is 10.0 Å². The molecule has 0 aliphatic rings. The van der Waals surface area contributed by atoms with Gasteiger partial charge in [-0.1, -0.05) is 29.3 Å². The smallest absolute Gasteiger partial charge is 0.303 e. The van der Waals surface area contributed by atoms with Crippen LogP contribution < -0.4 is 0 Å². The lowest BCUT2D eigenvalue weighted by Gasteiger charge is -2.12. The maximum atomic E-state index is 11.0. The number of ether oxygens (including phenoxy) is 1. The van der Waals surface area contributed by atoms with Gasteiger partial charge in [-0.2, -0.15) is 0 Å². The normalized spacial score (nSPS) is 12.0. The molecule has 0 radical (unpaired) electrons. The summed E-state index contributed by atoms with van der Waals surface area (Å²) in [6, 6.07) is 7.01. The van der Waals surface area contributed by atoms with Gasteiger partial charge in [0.25, 0.3) is 0 Å². The predicted molar refractivity (Wildman–Crippen MR) is 77.7 cm³/mol. The minimum absolute atomic E-state index is 0.354. The van der Waals surface area contributed by atoms with Gasteiger partial charge in [0.15, 0.2) is 0 Å². The average Bonchev–Trinajstić information content (AvgIpc) is 2.41. The van der Waals surface area contributed by atoms with E-state index < -0.39 is 6.10 Å². The molecule has 0 N–H and O–H groups in total. The van der Waals surface area contributed by atoms with Crippen LogP contribution in [0, 0.1) is 0 Å². The first kappa shape index (κ1) is 14.8. The molecule has 1 unspecified atom stereocenters. The Morgan fingerprint density at radius 3 is 2.60 bits per heavy atom. The molecule has 0 saturated carbocycles. The summed E-state index contributed by atoms with van der Waals surface area (Å²) >= 11 is 11.9. The van der Waals surface area contributed by atoms with Crippen LogP contribution in [0.1, 0.15) is 25.6 Å². The number of rotatable bonds is 3. The summed E-state index contributed by atoms with van der Waals surface area (Å²) in [6.45, 7) is 3.11. The van der Waals surface area contributed by atoms with Crippen molar-refractivity contribution >= 4 is 29.2 Å². The van der Waals surface area contributed by atoms with Crippen molar-refractivity contribution in [2.75, 3.05) is 0 Å². The summed E-state index contributed by atoms with van der Waals surface area (Å²) in [4.78, 5) is 19.3. The highest BCUT2D eigenvalue weighted by molar-refractivity contribution is 6.42. The molecule has 1 atom stereocenters. The van der Waals surface area contributed by atoms with Crippen molar-refractivity contribution < 1.29 is 9.53 Å². The Balaban J connectivity index is 2.33. The first-order valence-corrected chi connectivity index (χ1v) is 6.67. The molecule has 1 aromatic heterocycles. The lowest BCUT2D eigenvalue weighted by molar-refractivity contribution is -0.145. The molecule has 0 fully saturated rings. The van der Waals surface area contributed by atoms with E-state index >= 15 is 0 Å². The van der Waals surface area contributed by atoms with Crippen molar-refractivity contribution in [2.45, 2.75) is 20.0 Å². The van der Waals surface area contributed by atoms with Gasteiger partial charge in [-0.3, -0.25) is 4.79 Å². The third kappa shape index (κ3) is 3.46. The van der Waals surface area contributed by atoms with Crippen LogP contribution in [0.3, 0.4) is 0 Å². The zero-order valence-corrected chi connectivity index (χ0v) is 12.4. The molecule has 0 aliphatic heterocycles. The van der Waals surface area contributed by atoms with Crippen LogP contribution in [0.5, 0.6) is 0 Å². The minimum atomic E-state index is -0.433. The Morgan fingerprint density at radius 1 is 1.20 bits per heavy atom. The summed E-state index contributed by atoms with van der Waals surface area (Å²) in [5, 5.41) is 0.940. The van der Waals surface area contributed by atoms with Crippen molar-refractivity contribution in [2.24, 2.45) is 0 Å². The number of carbonyl (C=O) groups excluding carboxylic acids is 1. The number of halogens is 2. The van der Waals surface area contributed by atoms with E-state index in [0.29, 0.717) is 21.4 Å². The molecule has 0 spiro atoms. The molecule has 1 aromatic carbocycles. The lowest BCUT2D eigenvalue weighted by atomic mass is 10.1. The Labute approximate surface area is 126 Å². The summed E-state index contributed by atoms with van der Waals surface area (Å²) in [5.41, 5.74) is 2.13. The fourth-order valence-corrected chi connectivity index (χ4v) is 2.02. The third-order valence-corrected chi connectivity index (χ3v) is 3.40. The van der Waals surface area contributed by atoms with E-state index in [2.05, 4.69) is 9.97 Å². The first-order valence-electron chi connectivity index (χ1n) is 5.92. The van der Waals surface area contributed by atoms with E-state index in [4.69, 9.17) is 27.9 Å². The molecule has 2 aromatic rings. The molecule has 6 heteroatoms. The van der Waals surface area contributed by atoms with Gasteiger partial charge >= 0.3 is 5.97 Å². The standard InChI is InChI=1S/C14H12Cl2N2O2/c1-8(20-9(2)19)13-6-14(18-7-17-13)10-3-4-11(15)12(16)5-10/h3-8H,1-2H3. The van der Waals surface area contributed by atoms with Crippen LogP contribution >= 0.6 is 23.2 Å². The number of nitrogens with zero attached hydrogens (tertiary/aromatic N) is 2. The monoisotopic (exact) mass is 310 g/mol. The molecule has 104 valence electrons. The summed E-state index contributed by atoms with van der Waals surface area (Å²) in [5.74, 6) is -0.354. The summed E-state index contributed by atoms with van der Waals surface area (Å²) in [7, 11) is 0. The molecule has 0 saturated heterocycles. The van der Waals surface area contributed by atoms with Crippen molar-refractivity contribution in [1.82, 2.24) is 9.97 Å². The molecule has 0 amide bonds. The highest BCUT2D eigenvalue weighted by Gasteiger charge is 2.12. The molecule has 20 heavy (non-hydrogen) atoms. The highest BCUT2D eigenvalue weighted by Crippen LogP contribution is 2.28. The predicted octanol–water partition coefficient (Wildman–Crippen LogP) is 4.07. The van der Waals surface area contributed by atoms with E-state index in [0.717, 1.165) is 5.56 Å². The lowest BCUT2D eigenvalue weighted by Crippen LogP contribution is -2.07. The molecular formula is C14H12Cl2N2O2. The summed E-state index contributed by atoms with van der Waals surface area (Å²) in [6.07, 6.45) is 0.990. The van der Waals surface area contributed by atoms with Crippen LogP contribution in [0.4, 0.5) is 0 Å². The molecule has 2 rings (SSSR count). The van der Waals surface area contributed by atoms with Crippen LogP contribution in [0.25, 0.3) is 11.3 Å². The Hall–Kier alpha value is -1.65. The topological polar surface area (TPSA) is 52.1 Å². The Morgan fingerprint density at radius 2 is 1.95 bits per heavy atom. The molecule has 4 nitrogen and oxygen atoms in total. The fraction of sp³-hybridized carbons (Fsp3) is 0.214. The van der Waals surface area contributed by atoms with Gasteiger partial charge in [-0.05, 0) is 25.1 Å². The average molecular weight is 311 g/mol. The maximum absolute atomic E-state index is 11.0. The largest absolute Gasteiger partial charge is 0.456 e. The zero-order chi connectivity index (χ0) is 14.7. The molecular weight excluding hydrogens is 299 g/mol. The minimum Gasteiger partial charge on any atom is -0.456 e. The quantitative estimate of drug-likeness (QED) is 0.802. The van der Waals surface area contributed by atoms with Crippen molar-refractivity contribution in [3.05, 3.63) is 46.3 Å². The van der Waals surface area contributed by atoms with Crippen LogP contribution in [-0.4, -0.2) is 15.9 Å². The second kappa shape index (κ2) is 6.20. The van der Waals surface area contributed by atoms with Gasteiger partial charge < -0.3 is 4.74 Å². The first-order chi connectivity index (χ1) is 9.47. The maximum Gasteiger partial charge on any atom is 0.303 e. The van der Waals surface area contributed by atoms with E-state index in [9.17, 15) is 4.79 Å². The van der Waals surface area contributed by atoms with Gasteiger partial charge in [-0.15, -0.1) is 0 Å². The summed E-state index contributed by atoms with van der Waals surface area (Å²) < 4.78 is 5.09. The molecule has 0 aliphatic carbocycles. The number of benzene rings is 1. The van der Waals surface area contributed by atoms with Crippen molar-refractivity contribution in [3.8, 4) is 11.3 Å². The highest BCUT2D eigenvalue weighted by atomic mass is 35.5. The Bertz CT molecular complexity index is 647. The fourth-order valence-electron chi connectivity index (χ4n) is 1.72. The molecule has 0 bridgehead atoms. The van der Waals surface area contributed by atoms with Gasteiger partial charge in [-0.25, -0.2) is 9.97 Å². The number of hydrogen-bond acceptors (Lipinski definition) is 4. The van der Waals surface area contributed by atoms with E-state index in [1.165, 1.54) is 13.3 Å². The van der Waals surface area contributed by atoms with Crippen molar-refractivity contribution in [1.29, 1.82) is 0 Å². The van der Waals surface area contributed by atoms with E-state index in [1.54, 1.807) is 25.1 Å². The number of hydrogen-bond donors (Lipinski definition) is 0. The van der Waals surface area contributed by atoms with Gasteiger partial charge in [0, 0.05) is 12.5 Å². The van der Waals surface area contributed by atoms with Gasteiger partial charge in [0.1, 0.15) is 12.4 Å². The van der Waals surface area contributed by atoms with E-state index in [1.807, 2.05) is 6.07 Å². The number of carbonyl (C=O) groups is 1. The van der Waals surface area contributed by atoms with Crippen molar-refractivity contribution in [3.63, 3.8) is 0 Å². The van der Waals surface area contributed by atoms with Crippen LogP contribution in [0.15, 0.2) is 30.6 Å². The second-order valence-corrected chi connectivity index (χ2v) is 5.02. The van der Waals surface area contributed by atoms with Gasteiger partial charge in [0.2, 0.25) is 0 Å². The SMILES string of the molecule is CC(=O)OC(C)c1cc(-c2ccc(Cl)c(Cl)c2)ncn1.